The van der Waals surface area contributed by atoms with Gasteiger partial charge < -0.3 is 10.6 Å². The van der Waals surface area contributed by atoms with E-state index < -0.39 is 0 Å². The fourth-order valence-corrected chi connectivity index (χ4v) is 2.18. The van der Waals surface area contributed by atoms with Crippen LogP contribution in [0.4, 0.5) is 21.7 Å². The van der Waals surface area contributed by atoms with E-state index in [-0.39, 0.29) is 5.82 Å². The Hall–Kier alpha value is -1.88. The molecular weight excluding hydrogens is 291 g/mol. The molecule has 6 heteroatoms. The van der Waals surface area contributed by atoms with Crippen molar-refractivity contribution in [2.45, 2.75) is 26.7 Å². The molecule has 112 valence electrons. The molecule has 0 fully saturated rings. The summed E-state index contributed by atoms with van der Waals surface area (Å²) in [7, 11) is 0. The van der Waals surface area contributed by atoms with E-state index in [2.05, 4.69) is 27.5 Å². The van der Waals surface area contributed by atoms with Gasteiger partial charge in [-0.3, -0.25) is 0 Å². The van der Waals surface area contributed by atoms with Gasteiger partial charge in [0.05, 0.1) is 10.7 Å². The summed E-state index contributed by atoms with van der Waals surface area (Å²) in [4.78, 5) is 8.53. The predicted molar refractivity (Wildman–Crippen MR) is 84.9 cm³/mol. The van der Waals surface area contributed by atoms with Crippen molar-refractivity contribution in [2.75, 3.05) is 17.2 Å². The highest BCUT2D eigenvalue weighted by Gasteiger charge is 2.11. The zero-order chi connectivity index (χ0) is 15.2. The summed E-state index contributed by atoms with van der Waals surface area (Å²) in [6.07, 6.45) is 3.28. The second-order valence-corrected chi connectivity index (χ2v) is 4.99. The number of nitrogens with zero attached hydrogens (tertiary/aromatic N) is 2. The van der Waals surface area contributed by atoms with E-state index >= 15 is 0 Å². The molecule has 21 heavy (non-hydrogen) atoms. The molecule has 0 saturated heterocycles. The van der Waals surface area contributed by atoms with Gasteiger partial charge >= 0.3 is 0 Å². The fraction of sp³-hybridized carbons (Fsp3) is 0.333. The van der Waals surface area contributed by atoms with Gasteiger partial charge in [-0.15, -0.1) is 0 Å². The van der Waals surface area contributed by atoms with Gasteiger partial charge in [0.25, 0.3) is 0 Å². The third-order valence-corrected chi connectivity index (χ3v) is 3.34. The predicted octanol–water partition coefficient (Wildman–Crippen LogP) is 4.40. The van der Waals surface area contributed by atoms with Crippen LogP contribution in [0.2, 0.25) is 5.02 Å². The molecule has 0 amide bonds. The summed E-state index contributed by atoms with van der Waals surface area (Å²) in [6.45, 7) is 4.98. The summed E-state index contributed by atoms with van der Waals surface area (Å²) >= 11 is 6.04. The Morgan fingerprint density at radius 2 is 1.95 bits per heavy atom. The van der Waals surface area contributed by atoms with E-state index in [1.807, 2.05) is 6.92 Å². The maximum Gasteiger partial charge on any atom is 0.139 e. The van der Waals surface area contributed by atoms with E-state index in [1.54, 1.807) is 6.07 Å². The van der Waals surface area contributed by atoms with Crippen molar-refractivity contribution >= 4 is 28.9 Å². The first kappa shape index (κ1) is 15.5. The Morgan fingerprint density at radius 1 is 1.19 bits per heavy atom. The summed E-state index contributed by atoms with van der Waals surface area (Å²) in [5, 5.41) is 6.74. The highest BCUT2D eigenvalue weighted by Crippen LogP contribution is 2.28. The maximum atomic E-state index is 13.1. The van der Waals surface area contributed by atoms with Crippen molar-refractivity contribution in [1.29, 1.82) is 0 Å². The lowest BCUT2D eigenvalue weighted by Crippen LogP contribution is -2.08. The minimum Gasteiger partial charge on any atom is -0.370 e. The molecule has 0 bridgehead atoms. The summed E-state index contributed by atoms with van der Waals surface area (Å²) in [5.74, 6) is 1.13. The number of hydrogen-bond donors (Lipinski definition) is 2. The summed E-state index contributed by atoms with van der Waals surface area (Å²) < 4.78 is 13.1. The first-order valence-corrected chi connectivity index (χ1v) is 7.33. The maximum absolute atomic E-state index is 13.1. The first-order chi connectivity index (χ1) is 10.2. The zero-order valence-electron chi connectivity index (χ0n) is 12.1. The van der Waals surface area contributed by atoms with Crippen molar-refractivity contribution in [2.24, 2.45) is 0 Å². The number of rotatable bonds is 6. The second kappa shape index (κ2) is 7.22. The molecule has 0 atom stereocenters. The SMILES string of the molecule is CCCNc1ncnc(Nc2ccc(F)cc2Cl)c1CC. The topological polar surface area (TPSA) is 49.8 Å². The van der Waals surface area contributed by atoms with Crippen LogP contribution in [-0.2, 0) is 6.42 Å². The molecule has 2 N–H and O–H groups in total. The van der Waals surface area contributed by atoms with E-state index in [0.717, 1.165) is 30.8 Å². The molecule has 1 heterocycles. The number of halogens is 2. The fourth-order valence-electron chi connectivity index (χ4n) is 1.97. The van der Waals surface area contributed by atoms with Crippen molar-refractivity contribution < 1.29 is 4.39 Å². The van der Waals surface area contributed by atoms with Gasteiger partial charge in [-0.25, -0.2) is 14.4 Å². The average molecular weight is 309 g/mol. The molecule has 1 aromatic heterocycles. The van der Waals surface area contributed by atoms with Crippen molar-refractivity contribution in [3.63, 3.8) is 0 Å². The lowest BCUT2D eigenvalue weighted by Gasteiger charge is -2.14. The van der Waals surface area contributed by atoms with Crippen LogP contribution in [0, 0.1) is 5.82 Å². The molecule has 2 aromatic rings. The number of anilines is 3. The Balaban J connectivity index is 2.30. The minimum atomic E-state index is -0.366. The Labute approximate surface area is 128 Å². The van der Waals surface area contributed by atoms with Gasteiger partial charge in [0.2, 0.25) is 0 Å². The molecule has 1 aromatic carbocycles. The Morgan fingerprint density at radius 3 is 2.62 bits per heavy atom. The highest BCUT2D eigenvalue weighted by atomic mass is 35.5. The quantitative estimate of drug-likeness (QED) is 0.830. The Bertz CT molecular complexity index is 619. The highest BCUT2D eigenvalue weighted by molar-refractivity contribution is 6.33. The third-order valence-electron chi connectivity index (χ3n) is 3.03. The summed E-state index contributed by atoms with van der Waals surface area (Å²) in [6, 6.07) is 4.22. The van der Waals surface area contributed by atoms with Crippen LogP contribution in [0.25, 0.3) is 0 Å². The van der Waals surface area contributed by atoms with Gasteiger partial charge in [-0.1, -0.05) is 25.4 Å². The molecule has 0 spiro atoms. The molecule has 0 unspecified atom stereocenters. The largest absolute Gasteiger partial charge is 0.370 e. The summed E-state index contributed by atoms with van der Waals surface area (Å²) in [5.41, 5.74) is 1.60. The average Bonchev–Trinajstić information content (AvgIpc) is 2.48. The van der Waals surface area contributed by atoms with E-state index in [0.29, 0.717) is 16.5 Å². The smallest absolute Gasteiger partial charge is 0.139 e. The minimum absolute atomic E-state index is 0.318. The standard InChI is InChI=1S/C15H18ClFN4/c1-3-7-18-14-11(4-2)15(20-9-19-14)21-13-6-5-10(17)8-12(13)16/h5-6,8-9H,3-4,7H2,1-2H3,(H2,18,19,20,21). The normalized spacial score (nSPS) is 10.5. The first-order valence-electron chi connectivity index (χ1n) is 6.95. The molecule has 0 radical (unpaired) electrons. The van der Waals surface area contributed by atoms with Crippen LogP contribution >= 0.6 is 11.6 Å². The van der Waals surface area contributed by atoms with Crippen LogP contribution in [0.5, 0.6) is 0 Å². The molecule has 2 rings (SSSR count). The van der Waals surface area contributed by atoms with Crippen molar-refractivity contribution in [3.8, 4) is 0 Å². The van der Waals surface area contributed by atoms with Gasteiger partial charge in [0.15, 0.2) is 0 Å². The van der Waals surface area contributed by atoms with Crippen LogP contribution in [-0.4, -0.2) is 16.5 Å². The van der Waals surface area contributed by atoms with Crippen molar-refractivity contribution in [1.82, 2.24) is 9.97 Å². The monoisotopic (exact) mass is 308 g/mol. The number of benzene rings is 1. The lowest BCUT2D eigenvalue weighted by atomic mass is 10.2. The van der Waals surface area contributed by atoms with Crippen LogP contribution < -0.4 is 10.6 Å². The number of hydrogen-bond acceptors (Lipinski definition) is 4. The molecule has 0 aliphatic heterocycles. The van der Waals surface area contributed by atoms with E-state index in [1.165, 1.54) is 18.5 Å². The second-order valence-electron chi connectivity index (χ2n) is 4.58. The van der Waals surface area contributed by atoms with Crippen LogP contribution in [0.15, 0.2) is 24.5 Å². The molecule has 0 aliphatic rings. The van der Waals surface area contributed by atoms with Gasteiger partial charge in [-0.05, 0) is 31.0 Å². The number of nitrogens with one attached hydrogen (secondary N) is 2. The third kappa shape index (κ3) is 3.82. The molecule has 4 nitrogen and oxygen atoms in total. The van der Waals surface area contributed by atoms with Crippen LogP contribution in [0.3, 0.4) is 0 Å². The molecule has 0 saturated carbocycles. The zero-order valence-corrected chi connectivity index (χ0v) is 12.8. The van der Waals surface area contributed by atoms with E-state index in [9.17, 15) is 4.39 Å². The van der Waals surface area contributed by atoms with Gasteiger partial charge in [-0.2, -0.15) is 0 Å². The van der Waals surface area contributed by atoms with Gasteiger partial charge in [0, 0.05) is 12.1 Å². The molecule has 0 aliphatic carbocycles. The Kier molecular flexibility index (Phi) is 5.33. The lowest BCUT2D eigenvalue weighted by molar-refractivity contribution is 0.628. The van der Waals surface area contributed by atoms with Crippen LogP contribution in [0.1, 0.15) is 25.8 Å². The van der Waals surface area contributed by atoms with E-state index in [4.69, 9.17) is 11.6 Å². The van der Waals surface area contributed by atoms with Crippen molar-refractivity contribution in [3.05, 3.63) is 40.9 Å². The molecular formula is C15H18ClFN4. The van der Waals surface area contributed by atoms with Gasteiger partial charge in [0.1, 0.15) is 23.8 Å². The number of aromatic nitrogens is 2.